The second kappa shape index (κ2) is 8.85. The van der Waals surface area contributed by atoms with Crippen molar-refractivity contribution in [2.75, 3.05) is 0 Å². The van der Waals surface area contributed by atoms with Crippen LogP contribution in [0.3, 0.4) is 0 Å². The number of phenolic OH excluding ortho intramolecular Hbond substituents is 1. The van der Waals surface area contributed by atoms with Crippen molar-refractivity contribution in [3.05, 3.63) is 59.1 Å². The van der Waals surface area contributed by atoms with Crippen molar-refractivity contribution in [3.8, 4) is 5.75 Å². The Morgan fingerprint density at radius 1 is 1.22 bits per heavy atom. The van der Waals surface area contributed by atoms with Gasteiger partial charge >= 0.3 is 0 Å². The molecule has 0 aliphatic heterocycles. The molecule has 0 aliphatic carbocycles. The van der Waals surface area contributed by atoms with Gasteiger partial charge in [0.25, 0.3) is 0 Å². The van der Waals surface area contributed by atoms with E-state index in [9.17, 15) is 9.90 Å². The maximum absolute atomic E-state index is 11.9. The minimum Gasteiger partial charge on any atom is -0.508 e. The van der Waals surface area contributed by atoms with Gasteiger partial charge in [0.05, 0.1) is 0 Å². The number of amides is 1. The van der Waals surface area contributed by atoms with Gasteiger partial charge in [-0.05, 0) is 42.3 Å². The molecule has 0 radical (unpaired) electrons. The zero-order chi connectivity index (χ0) is 16.7. The number of phenols is 1. The van der Waals surface area contributed by atoms with Crippen molar-refractivity contribution in [3.63, 3.8) is 0 Å². The Labute approximate surface area is 146 Å². The van der Waals surface area contributed by atoms with Crippen LogP contribution in [0.1, 0.15) is 25.3 Å². The molecule has 0 aliphatic rings. The van der Waals surface area contributed by atoms with E-state index < -0.39 is 0 Å². The molecule has 2 rings (SSSR count). The topological polar surface area (TPSA) is 49.3 Å². The molecule has 0 spiro atoms. The fourth-order valence-electron chi connectivity index (χ4n) is 2.07. The molecule has 0 saturated carbocycles. The Bertz CT molecular complexity index is 646. The van der Waals surface area contributed by atoms with Gasteiger partial charge in [-0.3, -0.25) is 4.79 Å². The molecule has 3 nitrogen and oxygen atoms in total. The number of benzene rings is 2. The number of carbonyl (C=O) groups excluding carboxylic acids is 1. The molecule has 1 amide bonds. The zero-order valence-electron chi connectivity index (χ0n) is 13.0. The molecular formula is C18H20ClNO2S. The largest absolute Gasteiger partial charge is 0.508 e. The SMILES string of the molecule is CC(CCC(=O)NCc1ccccc1Cl)Sc1ccc(O)cc1. The van der Waals surface area contributed by atoms with Gasteiger partial charge in [0.1, 0.15) is 5.75 Å². The van der Waals surface area contributed by atoms with Gasteiger partial charge < -0.3 is 10.4 Å². The molecule has 0 heterocycles. The van der Waals surface area contributed by atoms with Crippen molar-refractivity contribution in [2.24, 2.45) is 0 Å². The van der Waals surface area contributed by atoms with E-state index in [0.717, 1.165) is 16.9 Å². The lowest BCUT2D eigenvalue weighted by Crippen LogP contribution is -2.23. The minimum atomic E-state index is 0.0306. The lowest BCUT2D eigenvalue weighted by Gasteiger charge is -2.12. The zero-order valence-corrected chi connectivity index (χ0v) is 14.5. The summed E-state index contributed by atoms with van der Waals surface area (Å²) in [6.07, 6.45) is 1.27. The van der Waals surface area contributed by atoms with Gasteiger partial charge in [0, 0.05) is 28.1 Å². The summed E-state index contributed by atoms with van der Waals surface area (Å²) in [6.45, 7) is 2.55. The van der Waals surface area contributed by atoms with E-state index in [4.69, 9.17) is 11.6 Å². The molecule has 0 bridgehead atoms. The summed E-state index contributed by atoms with van der Waals surface area (Å²) < 4.78 is 0. The van der Waals surface area contributed by atoms with Crippen LogP contribution in [0.15, 0.2) is 53.4 Å². The Hall–Kier alpha value is -1.65. The van der Waals surface area contributed by atoms with Crippen LogP contribution < -0.4 is 5.32 Å². The summed E-state index contributed by atoms with van der Waals surface area (Å²) in [5.41, 5.74) is 0.925. The van der Waals surface area contributed by atoms with Crippen LogP contribution in [-0.2, 0) is 11.3 Å². The number of aromatic hydroxyl groups is 1. The Morgan fingerprint density at radius 3 is 2.61 bits per heavy atom. The van der Waals surface area contributed by atoms with Gasteiger partial charge in [0.2, 0.25) is 5.91 Å². The smallest absolute Gasteiger partial charge is 0.220 e. The number of halogens is 1. The van der Waals surface area contributed by atoms with Crippen LogP contribution >= 0.6 is 23.4 Å². The van der Waals surface area contributed by atoms with Crippen LogP contribution in [0.25, 0.3) is 0 Å². The normalized spacial score (nSPS) is 11.9. The summed E-state index contributed by atoms with van der Waals surface area (Å²) in [4.78, 5) is 13.0. The predicted octanol–water partition coefficient (Wildman–Crippen LogP) is 4.62. The second-order valence-corrected chi connectivity index (χ2v) is 7.25. The summed E-state index contributed by atoms with van der Waals surface area (Å²) in [5.74, 6) is 0.295. The highest BCUT2D eigenvalue weighted by Crippen LogP contribution is 2.27. The number of nitrogens with one attached hydrogen (secondary N) is 1. The van der Waals surface area contributed by atoms with E-state index in [0.29, 0.717) is 23.2 Å². The van der Waals surface area contributed by atoms with Gasteiger partial charge in [-0.25, -0.2) is 0 Å². The Balaban J connectivity index is 1.71. The average molecular weight is 350 g/mol. The molecule has 0 aromatic heterocycles. The first-order valence-electron chi connectivity index (χ1n) is 7.50. The summed E-state index contributed by atoms with van der Waals surface area (Å²) in [5, 5.41) is 13.2. The number of thioether (sulfide) groups is 1. The second-order valence-electron chi connectivity index (χ2n) is 5.33. The first kappa shape index (κ1) is 17.7. The number of hydrogen-bond acceptors (Lipinski definition) is 3. The third-order valence-electron chi connectivity index (χ3n) is 3.39. The highest BCUT2D eigenvalue weighted by atomic mass is 35.5. The number of hydrogen-bond donors (Lipinski definition) is 2. The maximum atomic E-state index is 11.9. The number of rotatable bonds is 7. The molecule has 23 heavy (non-hydrogen) atoms. The lowest BCUT2D eigenvalue weighted by molar-refractivity contribution is -0.121. The summed E-state index contributed by atoms with van der Waals surface area (Å²) >= 11 is 7.76. The minimum absolute atomic E-state index is 0.0306. The average Bonchev–Trinajstić information content (AvgIpc) is 2.54. The molecule has 1 atom stereocenters. The highest BCUT2D eigenvalue weighted by Gasteiger charge is 2.09. The third-order valence-corrected chi connectivity index (χ3v) is 4.94. The van der Waals surface area contributed by atoms with Crippen molar-refractivity contribution >= 4 is 29.3 Å². The van der Waals surface area contributed by atoms with E-state index in [1.54, 1.807) is 23.9 Å². The van der Waals surface area contributed by atoms with Crippen LogP contribution in [0.5, 0.6) is 5.75 Å². The Kier molecular flexibility index (Phi) is 6.81. The van der Waals surface area contributed by atoms with Gasteiger partial charge in [-0.2, -0.15) is 0 Å². The molecule has 2 aromatic rings. The third kappa shape index (κ3) is 6.16. The molecule has 2 aromatic carbocycles. The first-order chi connectivity index (χ1) is 11.0. The van der Waals surface area contributed by atoms with E-state index in [-0.39, 0.29) is 11.7 Å². The molecule has 1 unspecified atom stereocenters. The first-order valence-corrected chi connectivity index (χ1v) is 8.76. The van der Waals surface area contributed by atoms with Crippen LogP contribution in [0.2, 0.25) is 5.02 Å². The van der Waals surface area contributed by atoms with Gasteiger partial charge in [0.15, 0.2) is 0 Å². The fraction of sp³-hybridized carbons (Fsp3) is 0.278. The standard InChI is InChI=1S/C18H20ClNO2S/c1-13(23-16-9-7-15(21)8-10-16)6-11-18(22)20-12-14-4-2-3-5-17(14)19/h2-5,7-10,13,21H,6,11-12H2,1H3,(H,20,22). The van der Waals surface area contributed by atoms with E-state index in [1.165, 1.54) is 0 Å². The van der Waals surface area contributed by atoms with Crippen LogP contribution in [0.4, 0.5) is 0 Å². The monoisotopic (exact) mass is 349 g/mol. The van der Waals surface area contributed by atoms with Gasteiger partial charge in [-0.15, -0.1) is 11.8 Å². The predicted molar refractivity (Wildman–Crippen MR) is 96.0 cm³/mol. The molecule has 0 saturated heterocycles. The molecule has 122 valence electrons. The number of carbonyl (C=O) groups is 1. The Morgan fingerprint density at radius 2 is 1.91 bits per heavy atom. The van der Waals surface area contributed by atoms with Gasteiger partial charge in [-0.1, -0.05) is 36.7 Å². The highest BCUT2D eigenvalue weighted by molar-refractivity contribution is 7.99. The molecule has 0 fully saturated rings. The van der Waals surface area contributed by atoms with Crippen LogP contribution in [0, 0.1) is 0 Å². The van der Waals surface area contributed by atoms with Crippen LogP contribution in [-0.4, -0.2) is 16.3 Å². The van der Waals surface area contributed by atoms with Crippen molar-refractivity contribution in [2.45, 2.75) is 36.5 Å². The van der Waals surface area contributed by atoms with E-state index in [2.05, 4.69) is 12.2 Å². The van der Waals surface area contributed by atoms with E-state index in [1.807, 2.05) is 36.4 Å². The van der Waals surface area contributed by atoms with Crippen molar-refractivity contribution < 1.29 is 9.90 Å². The van der Waals surface area contributed by atoms with Crippen molar-refractivity contribution in [1.29, 1.82) is 0 Å². The van der Waals surface area contributed by atoms with Crippen molar-refractivity contribution in [1.82, 2.24) is 5.32 Å². The fourth-order valence-corrected chi connectivity index (χ4v) is 3.27. The summed E-state index contributed by atoms with van der Waals surface area (Å²) in [7, 11) is 0. The maximum Gasteiger partial charge on any atom is 0.220 e. The molecular weight excluding hydrogens is 330 g/mol. The summed E-state index contributed by atoms with van der Waals surface area (Å²) in [6, 6.07) is 14.6. The molecule has 5 heteroatoms. The van der Waals surface area contributed by atoms with E-state index >= 15 is 0 Å². The quantitative estimate of drug-likeness (QED) is 0.717. The lowest BCUT2D eigenvalue weighted by atomic mass is 10.2. The molecule has 2 N–H and O–H groups in total.